The summed E-state index contributed by atoms with van der Waals surface area (Å²) in [5.41, 5.74) is 7.51. The van der Waals surface area contributed by atoms with E-state index in [-0.39, 0.29) is 17.9 Å². The number of fused-ring (bicyclic) bond motifs is 1. The Bertz CT molecular complexity index is 1240. The van der Waals surface area contributed by atoms with Crippen LogP contribution >= 0.6 is 0 Å². The number of rotatable bonds is 11. The SMILES string of the molecule is CNC(=O)c1cc(C(=O)C[C@H]2C[C@@H]2CCN(C)CCN)cn(Cc2cccc3[nH]ccc23)c1=O. The fraction of sp³-hybridized carbons (Fsp3) is 0.423. The van der Waals surface area contributed by atoms with Gasteiger partial charge in [-0.2, -0.15) is 0 Å². The quantitative estimate of drug-likeness (QED) is 0.378. The summed E-state index contributed by atoms with van der Waals surface area (Å²) < 4.78 is 1.48. The monoisotopic (exact) mass is 463 g/mol. The minimum Gasteiger partial charge on any atom is -0.361 e. The predicted molar refractivity (Wildman–Crippen MR) is 133 cm³/mol. The zero-order valence-corrected chi connectivity index (χ0v) is 19.8. The third-order valence-electron chi connectivity index (χ3n) is 6.81. The van der Waals surface area contributed by atoms with E-state index in [0.29, 0.717) is 30.4 Å². The largest absolute Gasteiger partial charge is 0.361 e. The first kappa shape index (κ1) is 23.9. The molecule has 1 amide bonds. The van der Waals surface area contributed by atoms with Gasteiger partial charge in [-0.1, -0.05) is 12.1 Å². The number of nitrogens with one attached hydrogen (secondary N) is 2. The van der Waals surface area contributed by atoms with E-state index in [2.05, 4.69) is 22.2 Å². The lowest BCUT2D eigenvalue weighted by molar-refractivity contribution is 0.0961. The maximum Gasteiger partial charge on any atom is 0.263 e. The fourth-order valence-corrected chi connectivity index (χ4v) is 4.66. The number of Topliss-reactive ketones (excluding diaryl/α,β-unsaturated/α-hetero) is 1. The van der Waals surface area contributed by atoms with E-state index < -0.39 is 11.5 Å². The van der Waals surface area contributed by atoms with E-state index in [1.165, 1.54) is 17.7 Å². The average Bonchev–Trinajstić information content (AvgIpc) is 3.37. The van der Waals surface area contributed by atoms with Crippen molar-refractivity contribution in [2.24, 2.45) is 17.6 Å². The molecule has 1 fully saturated rings. The Kier molecular flexibility index (Phi) is 7.29. The number of benzene rings is 1. The van der Waals surface area contributed by atoms with E-state index in [1.807, 2.05) is 30.5 Å². The molecule has 2 aromatic heterocycles. The summed E-state index contributed by atoms with van der Waals surface area (Å²) in [6.07, 6.45) is 5.99. The first-order valence-electron chi connectivity index (χ1n) is 11.8. The molecule has 34 heavy (non-hydrogen) atoms. The lowest BCUT2D eigenvalue weighted by Crippen LogP contribution is -2.32. The van der Waals surface area contributed by atoms with Gasteiger partial charge in [-0.25, -0.2) is 0 Å². The highest BCUT2D eigenvalue weighted by Crippen LogP contribution is 2.44. The summed E-state index contributed by atoms with van der Waals surface area (Å²) >= 11 is 0. The Balaban J connectivity index is 1.53. The number of H-pyrrole nitrogens is 1. The number of nitrogens with two attached hydrogens (primary N) is 1. The van der Waals surface area contributed by atoms with Crippen molar-refractivity contribution >= 4 is 22.6 Å². The summed E-state index contributed by atoms with van der Waals surface area (Å²) in [6, 6.07) is 9.25. The Hall–Kier alpha value is -3.23. The third kappa shape index (κ3) is 5.29. The number of amides is 1. The van der Waals surface area contributed by atoms with Gasteiger partial charge >= 0.3 is 0 Å². The van der Waals surface area contributed by atoms with Crippen LogP contribution in [0.15, 0.2) is 47.5 Å². The van der Waals surface area contributed by atoms with Crippen molar-refractivity contribution in [1.82, 2.24) is 19.8 Å². The van der Waals surface area contributed by atoms with Gasteiger partial charge in [0, 0.05) is 55.4 Å². The molecule has 1 aliphatic carbocycles. The predicted octanol–water partition coefficient (Wildman–Crippen LogP) is 2.23. The van der Waals surface area contributed by atoms with Crippen molar-refractivity contribution in [3.8, 4) is 0 Å². The summed E-state index contributed by atoms with van der Waals surface area (Å²) in [7, 11) is 3.55. The molecule has 0 radical (unpaired) electrons. The number of hydrogen-bond acceptors (Lipinski definition) is 5. The van der Waals surface area contributed by atoms with Crippen molar-refractivity contribution in [3.63, 3.8) is 0 Å². The normalized spacial score (nSPS) is 17.3. The molecule has 0 spiro atoms. The first-order valence-corrected chi connectivity index (χ1v) is 11.8. The van der Waals surface area contributed by atoms with Gasteiger partial charge in [0.25, 0.3) is 11.5 Å². The number of aromatic amines is 1. The molecule has 0 bridgehead atoms. The molecular weight excluding hydrogens is 430 g/mol. The minimum absolute atomic E-state index is 0.00894. The molecule has 1 aliphatic rings. The van der Waals surface area contributed by atoms with Gasteiger partial charge < -0.3 is 25.5 Å². The summed E-state index contributed by atoms with van der Waals surface area (Å²) in [6.45, 7) is 2.77. The summed E-state index contributed by atoms with van der Waals surface area (Å²) in [5.74, 6) is 0.387. The van der Waals surface area contributed by atoms with Gasteiger partial charge in [-0.05, 0) is 62.0 Å². The second kappa shape index (κ2) is 10.4. The Morgan fingerprint density at radius 2 is 2.06 bits per heavy atom. The van der Waals surface area contributed by atoms with Gasteiger partial charge in [0.2, 0.25) is 0 Å². The molecule has 0 unspecified atom stereocenters. The van der Waals surface area contributed by atoms with Crippen molar-refractivity contribution in [3.05, 3.63) is 69.8 Å². The van der Waals surface area contributed by atoms with Crippen LogP contribution in [0.3, 0.4) is 0 Å². The Labute approximate surface area is 199 Å². The highest BCUT2D eigenvalue weighted by atomic mass is 16.2. The molecule has 3 aromatic rings. The van der Waals surface area contributed by atoms with Crippen molar-refractivity contribution in [2.45, 2.75) is 25.8 Å². The summed E-state index contributed by atoms with van der Waals surface area (Å²) in [5, 5.41) is 3.53. The molecule has 8 nitrogen and oxygen atoms in total. The van der Waals surface area contributed by atoms with Gasteiger partial charge in [0.1, 0.15) is 5.56 Å². The molecule has 1 aromatic carbocycles. The smallest absolute Gasteiger partial charge is 0.263 e. The zero-order valence-electron chi connectivity index (χ0n) is 19.8. The molecule has 2 atom stereocenters. The number of nitrogens with zero attached hydrogens (tertiary/aromatic N) is 2. The number of aromatic nitrogens is 2. The second-order valence-corrected chi connectivity index (χ2v) is 9.27. The number of hydrogen-bond donors (Lipinski definition) is 3. The number of carbonyl (C=O) groups excluding carboxylic acids is 2. The Morgan fingerprint density at radius 1 is 1.24 bits per heavy atom. The van der Waals surface area contributed by atoms with Gasteiger partial charge in [0.05, 0.1) is 6.54 Å². The van der Waals surface area contributed by atoms with Crippen LogP contribution < -0.4 is 16.6 Å². The van der Waals surface area contributed by atoms with E-state index in [9.17, 15) is 14.4 Å². The number of pyridine rings is 1. The average molecular weight is 464 g/mol. The van der Waals surface area contributed by atoms with Crippen molar-refractivity contribution in [2.75, 3.05) is 33.7 Å². The van der Waals surface area contributed by atoms with Crippen LogP contribution in [-0.4, -0.2) is 59.9 Å². The maximum absolute atomic E-state index is 13.2. The number of carbonyl (C=O) groups is 2. The molecule has 8 heteroatoms. The maximum atomic E-state index is 13.2. The first-order chi connectivity index (χ1) is 16.4. The molecule has 4 rings (SSSR count). The lowest BCUT2D eigenvalue weighted by Gasteiger charge is -2.14. The lowest BCUT2D eigenvalue weighted by atomic mass is 10.0. The fourth-order valence-electron chi connectivity index (χ4n) is 4.66. The second-order valence-electron chi connectivity index (χ2n) is 9.27. The molecule has 2 heterocycles. The summed E-state index contributed by atoms with van der Waals surface area (Å²) in [4.78, 5) is 44.0. The number of likely N-dealkylation sites (N-methyl/N-ethyl adjacent to an activating group) is 1. The van der Waals surface area contributed by atoms with Gasteiger partial charge in [0.15, 0.2) is 5.78 Å². The topological polar surface area (TPSA) is 113 Å². The number of ketones is 1. The van der Waals surface area contributed by atoms with Gasteiger partial charge in [-0.15, -0.1) is 0 Å². The van der Waals surface area contributed by atoms with E-state index >= 15 is 0 Å². The van der Waals surface area contributed by atoms with Crippen LogP contribution in [0.5, 0.6) is 0 Å². The van der Waals surface area contributed by atoms with Crippen LogP contribution in [-0.2, 0) is 6.54 Å². The standard InChI is InChI=1S/C26H33N5O3/c1-28-25(33)22-13-20(24(32)14-19-12-17(19)7-10-30(2)11-8-27)16-31(26(22)34)15-18-4-3-5-23-21(18)6-9-29-23/h3-6,9,13,16-17,19,29H,7-8,10-12,14-15,27H2,1-2H3,(H,28,33)/t17-,19+/m0/s1. The van der Waals surface area contributed by atoms with E-state index in [0.717, 1.165) is 42.4 Å². The van der Waals surface area contributed by atoms with Crippen molar-refractivity contribution in [1.29, 1.82) is 0 Å². The molecule has 0 aliphatic heterocycles. The molecule has 1 saturated carbocycles. The van der Waals surface area contributed by atoms with Crippen LogP contribution in [0.4, 0.5) is 0 Å². The Morgan fingerprint density at radius 3 is 2.82 bits per heavy atom. The third-order valence-corrected chi connectivity index (χ3v) is 6.81. The molecular formula is C26H33N5O3. The van der Waals surface area contributed by atoms with Gasteiger partial charge in [-0.3, -0.25) is 14.4 Å². The van der Waals surface area contributed by atoms with E-state index in [1.54, 1.807) is 6.20 Å². The van der Waals surface area contributed by atoms with Crippen LogP contribution in [0.2, 0.25) is 0 Å². The highest BCUT2D eigenvalue weighted by Gasteiger charge is 2.38. The molecule has 4 N–H and O–H groups in total. The minimum atomic E-state index is -0.486. The highest BCUT2D eigenvalue weighted by molar-refractivity contribution is 6.00. The van der Waals surface area contributed by atoms with E-state index in [4.69, 9.17) is 5.73 Å². The van der Waals surface area contributed by atoms with Crippen LogP contribution in [0.1, 0.15) is 45.5 Å². The van der Waals surface area contributed by atoms with Crippen molar-refractivity contribution < 1.29 is 9.59 Å². The van der Waals surface area contributed by atoms with Crippen LogP contribution in [0, 0.1) is 11.8 Å². The molecule has 180 valence electrons. The molecule has 0 saturated heterocycles. The zero-order chi connectivity index (χ0) is 24.2. The van der Waals surface area contributed by atoms with Crippen LogP contribution in [0.25, 0.3) is 10.9 Å².